The molecule has 0 aliphatic heterocycles. The van der Waals surface area contributed by atoms with Gasteiger partial charge >= 0.3 is 0 Å². The van der Waals surface area contributed by atoms with Gasteiger partial charge in [-0.15, -0.1) is 11.8 Å². The van der Waals surface area contributed by atoms with Gasteiger partial charge < -0.3 is 5.73 Å². The Labute approximate surface area is 123 Å². The maximum atomic E-state index is 6.14. The van der Waals surface area contributed by atoms with Crippen LogP contribution < -0.4 is 5.73 Å². The summed E-state index contributed by atoms with van der Waals surface area (Å²) in [5.74, 6) is 0.901. The van der Waals surface area contributed by atoms with Gasteiger partial charge in [0.15, 0.2) is 0 Å². The number of thioether (sulfide) groups is 1. The Kier molecular flexibility index (Phi) is 5.31. The molecule has 0 amide bonds. The number of halogens is 1. The van der Waals surface area contributed by atoms with E-state index < -0.39 is 0 Å². The molecule has 1 heterocycles. The highest BCUT2D eigenvalue weighted by atomic mass is 35.5. The zero-order valence-corrected chi connectivity index (χ0v) is 12.5. The molecule has 1 unspecified atom stereocenters. The van der Waals surface area contributed by atoms with Gasteiger partial charge in [-0.25, -0.2) is 0 Å². The second kappa shape index (κ2) is 6.98. The number of aromatic nitrogens is 2. The van der Waals surface area contributed by atoms with Crippen molar-refractivity contribution in [1.29, 1.82) is 0 Å². The van der Waals surface area contributed by atoms with Crippen LogP contribution in [0.25, 0.3) is 0 Å². The van der Waals surface area contributed by atoms with Crippen LogP contribution in [0.3, 0.4) is 0 Å². The molecule has 1 aromatic heterocycles. The summed E-state index contributed by atoms with van der Waals surface area (Å²) in [5.41, 5.74) is 7.37. The summed E-state index contributed by atoms with van der Waals surface area (Å²) >= 11 is 7.70. The molecule has 0 aliphatic rings. The lowest BCUT2D eigenvalue weighted by Gasteiger charge is -2.11. The Morgan fingerprint density at radius 2 is 2.26 bits per heavy atom. The number of hydrogen-bond donors (Lipinski definition) is 1. The van der Waals surface area contributed by atoms with E-state index >= 15 is 0 Å². The molecule has 2 aromatic rings. The molecule has 102 valence electrons. The van der Waals surface area contributed by atoms with Crippen molar-refractivity contribution in [2.45, 2.75) is 23.8 Å². The topological polar surface area (TPSA) is 43.8 Å². The molecule has 0 aliphatic carbocycles. The molecular formula is C14H18ClN3S. The van der Waals surface area contributed by atoms with Crippen molar-refractivity contribution in [3.63, 3.8) is 0 Å². The van der Waals surface area contributed by atoms with E-state index in [9.17, 15) is 0 Å². The normalized spacial score (nSPS) is 12.6. The largest absolute Gasteiger partial charge is 0.327 e. The van der Waals surface area contributed by atoms with Gasteiger partial charge in [-0.05, 0) is 37.1 Å². The first-order chi connectivity index (χ1) is 9.15. The Balaban J connectivity index is 1.76. The predicted molar refractivity (Wildman–Crippen MR) is 81.7 cm³/mol. The molecule has 19 heavy (non-hydrogen) atoms. The highest BCUT2D eigenvalue weighted by Crippen LogP contribution is 2.22. The minimum Gasteiger partial charge on any atom is -0.327 e. The van der Waals surface area contributed by atoms with E-state index in [4.69, 9.17) is 17.3 Å². The standard InChI is InChI=1S/C14H18ClN3S/c1-18-13(7-8-17-18)6-5-12(16)10-19-14-4-2-3-11(15)9-14/h2-4,7-9,12H,5-6,10,16H2,1H3. The van der Waals surface area contributed by atoms with E-state index in [0.29, 0.717) is 0 Å². The van der Waals surface area contributed by atoms with Crippen LogP contribution in [0.4, 0.5) is 0 Å². The Bertz CT molecular complexity index is 527. The minimum absolute atomic E-state index is 0.180. The smallest absolute Gasteiger partial charge is 0.0492 e. The van der Waals surface area contributed by atoms with Crippen molar-refractivity contribution in [3.8, 4) is 0 Å². The summed E-state index contributed by atoms with van der Waals surface area (Å²) in [5, 5.41) is 4.93. The van der Waals surface area contributed by atoms with Crippen LogP contribution in [-0.4, -0.2) is 21.6 Å². The van der Waals surface area contributed by atoms with Gasteiger partial charge in [-0.1, -0.05) is 17.7 Å². The molecule has 0 fully saturated rings. The van der Waals surface area contributed by atoms with Gasteiger partial charge in [0.1, 0.15) is 0 Å². The first-order valence-corrected chi connectivity index (χ1v) is 7.62. The zero-order chi connectivity index (χ0) is 13.7. The lowest BCUT2D eigenvalue weighted by atomic mass is 10.1. The lowest BCUT2D eigenvalue weighted by Crippen LogP contribution is -2.23. The lowest BCUT2D eigenvalue weighted by molar-refractivity contribution is 0.629. The Hall–Kier alpha value is -0.970. The maximum absolute atomic E-state index is 6.14. The summed E-state index contributed by atoms with van der Waals surface area (Å²) in [6.45, 7) is 0. The van der Waals surface area contributed by atoms with E-state index in [2.05, 4.69) is 11.2 Å². The first kappa shape index (κ1) is 14.4. The van der Waals surface area contributed by atoms with Gasteiger partial charge in [0.25, 0.3) is 0 Å². The van der Waals surface area contributed by atoms with Gasteiger partial charge in [0.05, 0.1) is 0 Å². The molecule has 1 atom stereocenters. The fraction of sp³-hybridized carbons (Fsp3) is 0.357. The third kappa shape index (κ3) is 4.56. The van der Waals surface area contributed by atoms with Crippen LogP contribution in [-0.2, 0) is 13.5 Å². The molecule has 3 nitrogen and oxygen atoms in total. The fourth-order valence-corrected chi connectivity index (χ4v) is 3.04. The average Bonchev–Trinajstić information content (AvgIpc) is 2.80. The van der Waals surface area contributed by atoms with Gasteiger partial charge in [-0.2, -0.15) is 5.10 Å². The van der Waals surface area contributed by atoms with E-state index in [0.717, 1.165) is 23.6 Å². The number of hydrogen-bond acceptors (Lipinski definition) is 3. The monoisotopic (exact) mass is 295 g/mol. The zero-order valence-electron chi connectivity index (χ0n) is 10.9. The van der Waals surface area contributed by atoms with Crippen molar-refractivity contribution >= 4 is 23.4 Å². The molecule has 1 aromatic carbocycles. The fourth-order valence-electron chi connectivity index (χ4n) is 1.82. The second-order valence-electron chi connectivity index (χ2n) is 4.51. The van der Waals surface area contributed by atoms with Crippen molar-refractivity contribution < 1.29 is 0 Å². The van der Waals surface area contributed by atoms with E-state index in [-0.39, 0.29) is 6.04 Å². The van der Waals surface area contributed by atoms with Gasteiger partial charge in [-0.3, -0.25) is 4.68 Å². The number of nitrogens with zero attached hydrogens (tertiary/aromatic N) is 2. The number of benzene rings is 1. The molecule has 0 saturated carbocycles. The van der Waals surface area contributed by atoms with Crippen molar-refractivity contribution in [3.05, 3.63) is 47.2 Å². The van der Waals surface area contributed by atoms with Crippen LogP contribution >= 0.6 is 23.4 Å². The van der Waals surface area contributed by atoms with Gasteiger partial charge in [0, 0.05) is 40.7 Å². The second-order valence-corrected chi connectivity index (χ2v) is 6.04. The molecule has 0 spiro atoms. The highest BCUT2D eigenvalue weighted by molar-refractivity contribution is 7.99. The first-order valence-electron chi connectivity index (χ1n) is 6.26. The van der Waals surface area contributed by atoms with E-state index in [1.807, 2.05) is 42.2 Å². The number of aryl methyl sites for hydroxylation is 2. The number of nitrogens with two attached hydrogens (primary N) is 1. The summed E-state index contributed by atoms with van der Waals surface area (Å²) in [6, 6.07) is 10.1. The molecular weight excluding hydrogens is 278 g/mol. The van der Waals surface area contributed by atoms with Crippen LogP contribution in [0.2, 0.25) is 5.02 Å². The van der Waals surface area contributed by atoms with Crippen molar-refractivity contribution in [2.75, 3.05) is 5.75 Å². The summed E-state index contributed by atoms with van der Waals surface area (Å²) in [6.07, 6.45) is 3.75. The van der Waals surface area contributed by atoms with E-state index in [1.54, 1.807) is 11.8 Å². The highest BCUT2D eigenvalue weighted by Gasteiger charge is 2.06. The Morgan fingerprint density at radius 3 is 2.95 bits per heavy atom. The predicted octanol–water partition coefficient (Wildman–Crippen LogP) is 3.13. The average molecular weight is 296 g/mol. The van der Waals surface area contributed by atoms with Gasteiger partial charge in [0.2, 0.25) is 0 Å². The molecule has 0 radical (unpaired) electrons. The third-order valence-electron chi connectivity index (χ3n) is 2.95. The number of rotatable bonds is 6. The molecule has 5 heteroatoms. The summed E-state index contributed by atoms with van der Waals surface area (Å²) in [7, 11) is 1.96. The minimum atomic E-state index is 0.180. The molecule has 2 N–H and O–H groups in total. The Morgan fingerprint density at radius 1 is 1.42 bits per heavy atom. The van der Waals surface area contributed by atoms with Crippen LogP contribution in [0.5, 0.6) is 0 Å². The van der Waals surface area contributed by atoms with E-state index in [1.165, 1.54) is 10.6 Å². The quantitative estimate of drug-likeness (QED) is 0.833. The SMILES string of the molecule is Cn1nccc1CCC(N)CSc1cccc(Cl)c1. The molecule has 0 bridgehead atoms. The van der Waals surface area contributed by atoms with Crippen molar-refractivity contribution in [2.24, 2.45) is 12.8 Å². The van der Waals surface area contributed by atoms with Crippen molar-refractivity contribution in [1.82, 2.24) is 9.78 Å². The summed E-state index contributed by atoms with van der Waals surface area (Å²) < 4.78 is 1.90. The van der Waals surface area contributed by atoms with Crippen LogP contribution in [0, 0.1) is 0 Å². The molecule has 0 saturated heterocycles. The van der Waals surface area contributed by atoms with Crippen LogP contribution in [0.1, 0.15) is 12.1 Å². The summed E-state index contributed by atoms with van der Waals surface area (Å²) in [4.78, 5) is 1.17. The third-order valence-corrected chi connectivity index (χ3v) is 4.37. The molecule has 2 rings (SSSR count). The van der Waals surface area contributed by atoms with Crippen LogP contribution in [0.15, 0.2) is 41.4 Å². The maximum Gasteiger partial charge on any atom is 0.0492 e.